The lowest BCUT2D eigenvalue weighted by molar-refractivity contribution is -0.00352. The number of piperidine rings is 1. The van der Waals surface area contributed by atoms with Crippen LogP contribution in [0.15, 0.2) is 12.3 Å². The van der Waals surface area contributed by atoms with Gasteiger partial charge in [0.15, 0.2) is 22.4 Å². The van der Waals surface area contributed by atoms with Crippen LogP contribution in [0.25, 0.3) is 10.4 Å². The van der Waals surface area contributed by atoms with Crippen LogP contribution >= 0.6 is 11.3 Å². The molecule has 2 atom stereocenters. The third-order valence-electron chi connectivity index (χ3n) is 4.56. The van der Waals surface area contributed by atoms with Crippen molar-refractivity contribution in [2.24, 2.45) is 11.8 Å². The zero-order valence-corrected chi connectivity index (χ0v) is 14.9. The Morgan fingerprint density at radius 1 is 1.23 bits per heavy atom. The number of halogens is 3. The van der Waals surface area contributed by atoms with Gasteiger partial charge in [0.1, 0.15) is 0 Å². The number of aliphatic hydroxyl groups is 1. The predicted octanol–water partition coefficient (Wildman–Crippen LogP) is 3.02. The van der Waals surface area contributed by atoms with E-state index >= 15 is 0 Å². The molecule has 0 radical (unpaired) electrons. The minimum Gasteiger partial charge on any atom is -0.503 e. The van der Waals surface area contributed by atoms with Crippen molar-refractivity contribution in [3.63, 3.8) is 0 Å². The van der Waals surface area contributed by atoms with Gasteiger partial charge in [0.2, 0.25) is 5.82 Å². The third kappa shape index (κ3) is 3.16. The lowest BCUT2D eigenvalue weighted by atomic mass is 9.88. The van der Waals surface area contributed by atoms with Crippen molar-refractivity contribution in [1.29, 1.82) is 0 Å². The number of likely N-dealkylation sites (tertiary alicyclic amines) is 1. The summed E-state index contributed by atoms with van der Waals surface area (Å²) >= 11 is 0.823. The minimum absolute atomic E-state index is 0.0689. The van der Waals surface area contributed by atoms with Gasteiger partial charge in [-0.25, -0.2) is 13.8 Å². The number of aromatic nitrogens is 1. The lowest BCUT2D eigenvalue weighted by Gasteiger charge is -2.38. The van der Waals surface area contributed by atoms with Gasteiger partial charge in [-0.05, 0) is 17.9 Å². The smallest absolute Gasteiger partial charge is 0.282 e. The largest absolute Gasteiger partial charge is 0.503 e. The molecule has 26 heavy (non-hydrogen) atoms. The number of aliphatic hydroxyl groups excluding tert-OH is 1. The molecule has 1 aromatic heterocycles. The molecule has 1 aliphatic heterocycles. The van der Waals surface area contributed by atoms with Gasteiger partial charge in [0, 0.05) is 24.8 Å². The summed E-state index contributed by atoms with van der Waals surface area (Å²) in [5.74, 6) is -6.34. The first-order chi connectivity index (χ1) is 12.2. The summed E-state index contributed by atoms with van der Waals surface area (Å²) in [4.78, 5) is 18.2. The average Bonchev–Trinajstić information content (AvgIpc) is 3.09. The van der Waals surface area contributed by atoms with Crippen molar-refractivity contribution in [3.8, 4) is 16.2 Å². The Hall–Kier alpha value is -2.13. The quantitative estimate of drug-likeness (QED) is 0.779. The highest BCUT2D eigenvalue weighted by Crippen LogP contribution is 2.35. The van der Waals surface area contributed by atoms with Crippen LogP contribution in [0, 0.1) is 29.3 Å². The number of aromatic hydroxyl groups is 1. The summed E-state index contributed by atoms with van der Waals surface area (Å²) in [5.41, 5.74) is -0.367. The number of nitrogens with zero attached hydrogens (tertiary/aromatic N) is 2. The van der Waals surface area contributed by atoms with E-state index in [1.807, 2.05) is 13.8 Å². The topological polar surface area (TPSA) is 73.7 Å². The molecule has 3 rings (SSSR count). The van der Waals surface area contributed by atoms with Crippen LogP contribution in [0.1, 0.15) is 23.6 Å². The van der Waals surface area contributed by atoms with E-state index in [9.17, 15) is 28.2 Å². The molecule has 5 nitrogen and oxygen atoms in total. The van der Waals surface area contributed by atoms with Crippen molar-refractivity contribution in [3.05, 3.63) is 34.7 Å². The number of hydrogen-bond acceptors (Lipinski definition) is 5. The second-order valence-electron chi connectivity index (χ2n) is 6.57. The van der Waals surface area contributed by atoms with Crippen LogP contribution in [0.3, 0.4) is 0 Å². The van der Waals surface area contributed by atoms with Gasteiger partial charge >= 0.3 is 0 Å². The molecular weight excluding hydrogens is 369 g/mol. The van der Waals surface area contributed by atoms with E-state index < -0.39 is 29.3 Å². The fourth-order valence-corrected chi connectivity index (χ4v) is 4.01. The Balaban J connectivity index is 1.88. The van der Waals surface area contributed by atoms with Gasteiger partial charge < -0.3 is 15.1 Å². The van der Waals surface area contributed by atoms with E-state index in [1.165, 1.54) is 6.20 Å². The highest BCUT2D eigenvalue weighted by atomic mass is 32.1. The van der Waals surface area contributed by atoms with Gasteiger partial charge in [-0.3, -0.25) is 4.79 Å². The predicted molar refractivity (Wildman–Crippen MR) is 89.3 cm³/mol. The molecule has 2 N–H and O–H groups in total. The summed E-state index contributed by atoms with van der Waals surface area (Å²) in [6, 6.07) is 0.619. The van der Waals surface area contributed by atoms with E-state index in [2.05, 4.69) is 4.98 Å². The van der Waals surface area contributed by atoms with Gasteiger partial charge in [-0.2, -0.15) is 4.39 Å². The second-order valence-corrected chi connectivity index (χ2v) is 7.60. The Morgan fingerprint density at radius 2 is 1.85 bits per heavy atom. The molecule has 1 amide bonds. The van der Waals surface area contributed by atoms with Crippen molar-refractivity contribution in [1.82, 2.24) is 9.88 Å². The van der Waals surface area contributed by atoms with Crippen molar-refractivity contribution in [2.45, 2.75) is 20.0 Å². The number of phenolic OH excluding ortho intramolecular Hbond substituents is 1. The molecule has 1 fully saturated rings. The van der Waals surface area contributed by atoms with Crippen LogP contribution in [0.2, 0.25) is 0 Å². The monoisotopic (exact) mass is 386 g/mol. The standard InChI is InChI=1S/C17H17F3N2O3S/c1-7-5-22(6-8(2)14(7)23)17(25)16-21-4-11(26-16)9-3-10(18)13(20)15(24)12(9)19/h3-4,7-8,14,23-24H,5-6H2,1-2H3. The fraction of sp³-hybridized carbons (Fsp3) is 0.412. The summed E-state index contributed by atoms with van der Waals surface area (Å²) in [5, 5.41) is 19.4. The second kappa shape index (κ2) is 6.88. The van der Waals surface area contributed by atoms with Gasteiger partial charge in [0.25, 0.3) is 5.91 Å². The number of thiazole rings is 1. The van der Waals surface area contributed by atoms with Crippen LogP contribution < -0.4 is 0 Å². The normalized spacial score (nSPS) is 23.3. The lowest BCUT2D eigenvalue weighted by Crippen LogP contribution is -2.49. The zero-order chi connectivity index (χ0) is 19.2. The Labute approximate surface area is 151 Å². The van der Waals surface area contributed by atoms with Crippen molar-refractivity contribution >= 4 is 17.2 Å². The highest BCUT2D eigenvalue weighted by molar-refractivity contribution is 7.16. The van der Waals surface area contributed by atoms with Gasteiger partial charge in [0.05, 0.1) is 11.0 Å². The number of amides is 1. The first-order valence-corrected chi connectivity index (χ1v) is 8.82. The third-order valence-corrected chi connectivity index (χ3v) is 5.58. The molecule has 140 valence electrons. The fourth-order valence-electron chi connectivity index (χ4n) is 3.11. The SMILES string of the molecule is CC1CN(C(=O)c2ncc(-c3cc(F)c(F)c(O)c3F)s2)CC(C)C1O. The molecular formula is C17H17F3N2O3S. The maximum atomic E-state index is 14.0. The van der Waals surface area contributed by atoms with Crippen LogP contribution in [-0.2, 0) is 0 Å². The van der Waals surface area contributed by atoms with Crippen molar-refractivity contribution in [2.75, 3.05) is 13.1 Å². The highest BCUT2D eigenvalue weighted by Gasteiger charge is 2.34. The molecule has 0 bridgehead atoms. The Morgan fingerprint density at radius 3 is 2.46 bits per heavy atom. The van der Waals surface area contributed by atoms with E-state index in [-0.39, 0.29) is 33.2 Å². The first-order valence-electron chi connectivity index (χ1n) is 8.00. The maximum Gasteiger partial charge on any atom is 0.282 e. The number of hydrogen-bond donors (Lipinski definition) is 2. The molecule has 1 aromatic carbocycles. The van der Waals surface area contributed by atoms with Gasteiger partial charge in [-0.15, -0.1) is 11.3 Å². The molecule has 2 heterocycles. The van der Waals surface area contributed by atoms with E-state index in [0.717, 1.165) is 11.3 Å². The van der Waals surface area contributed by atoms with Crippen molar-refractivity contribution < 1.29 is 28.2 Å². The number of phenols is 1. The molecule has 9 heteroatoms. The van der Waals surface area contributed by atoms with E-state index in [4.69, 9.17) is 0 Å². The molecule has 2 unspecified atom stereocenters. The van der Waals surface area contributed by atoms with Crippen LogP contribution in [0.5, 0.6) is 5.75 Å². The Bertz CT molecular complexity index is 846. The average molecular weight is 386 g/mol. The van der Waals surface area contributed by atoms with Crippen LogP contribution in [0.4, 0.5) is 13.2 Å². The summed E-state index contributed by atoms with van der Waals surface area (Å²) < 4.78 is 40.7. The summed E-state index contributed by atoms with van der Waals surface area (Å²) in [6.45, 7) is 4.40. The number of benzene rings is 1. The molecule has 2 aromatic rings. The van der Waals surface area contributed by atoms with Gasteiger partial charge in [-0.1, -0.05) is 13.8 Å². The van der Waals surface area contributed by atoms with E-state index in [0.29, 0.717) is 19.2 Å². The number of carbonyl (C=O) groups excluding carboxylic acids is 1. The summed E-state index contributed by atoms with van der Waals surface area (Å²) in [7, 11) is 0. The molecule has 0 saturated carbocycles. The minimum atomic E-state index is -1.66. The molecule has 0 aliphatic carbocycles. The van der Waals surface area contributed by atoms with Crippen LogP contribution in [-0.4, -0.2) is 45.2 Å². The first kappa shape index (κ1) is 18.7. The maximum absolute atomic E-state index is 14.0. The molecule has 0 spiro atoms. The number of rotatable bonds is 2. The molecule has 1 aliphatic rings. The van der Waals surface area contributed by atoms with E-state index in [1.54, 1.807) is 4.90 Å². The molecule has 1 saturated heterocycles. The zero-order valence-electron chi connectivity index (χ0n) is 14.0. The number of carbonyl (C=O) groups is 1. The summed E-state index contributed by atoms with van der Waals surface area (Å²) in [6.07, 6.45) is 0.684. The Kier molecular flexibility index (Phi) is 4.94.